The Hall–Kier alpha value is -2.96. The molecule has 3 heterocycles. The van der Waals surface area contributed by atoms with E-state index in [0.717, 1.165) is 36.4 Å². The lowest BCUT2D eigenvalue weighted by molar-refractivity contribution is -0.117. The van der Waals surface area contributed by atoms with Crippen molar-refractivity contribution in [3.05, 3.63) is 48.3 Å². The zero-order chi connectivity index (χ0) is 17.7. The Kier molecular flexibility index (Phi) is 3.41. The molecule has 2 aromatic heterocycles. The van der Waals surface area contributed by atoms with Crippen molar-refractivity contribution in [2.75, 3.05) is 10.2 Å². The Bertz CT molecular complexity index is 965. The molecular formula is C19H20N6O. The van der Waals surface area contributed by atoms with E-state index in [1.54, 1.807) is 4.52 Å². The molecule has 3 aromatic rings. The number of nitrogens with zero attached hydrogens (tertiary/aromatic N) is 5. The van der Waals surface area contributed by atoms with Crippen LogP contribution in [0.5, 0.6) is 0 Å². The van der Waals surface area contributed by atoms with Gasteiger partial charge in [0.25, 0.3) is 0 Å². The monoisotopic (exact) mass is 348 g/mol. The first-order chi connectivity index (χ1) is 12.7. The number of nitrogens with one attached hydrogen (secondary N) is 1. The van der Waals surface area contributed by atoms with Gasteiger partial charge in [0.15, 0.2) is 11.5 Å². The molecule has 2 aliphatic rings. The average Bonchev–Trinajstić information content (AvgIpc) is 3.35. The number of aromatic nitrogens is 4. The molecule has 5 rings (SSSR count). The summed E-state index contributed by atoms with van der Waals surface area (Å²) in [7, 11) is 0. The second-order valence-electron chi connectivity index (χ2n) is 7.15. The van der Waals surface area contributed by atoms with Crippen LogP contribution < -0.4 is 10.2 Å². The van der Waals surface area contributed by atoms with E-state index >= 15 is 0 Å². The SMILES string of the molecule is C[C@@H]1C[C@@H](Nc2ccc3nnc(C4CC4)n3n2)C(=O)N1c1ccccc1. The minimum Gasteiger partial charge on any atom is -0.357 e. The third-order valence-corrected chi connectivity index (χ3v) is 5.14. The number of carbonyl (C=O) groups excluding carboxylic acids is 1. The van der Waals surface area contributed by atoms with Gasteiger partial charge in [0.1, 0.15) is 11.9 Å². The smallest absolute Gasteiger partial charge is 0.249 e. The Labute approximate surface area is 151 Å². The normalized spacial score (nSPS) is 23.0. The first-order valence-corrected chi connectivity index (χ1v) is 9.08. The van der Waals surface area contributed by atoms with Crippen LogP contribution in [0.15, 0.2) is 42.5 Å². The van der Waals surface area contributed by atoms with Gasteiger partial charge < -0.3 is 10.2 Å². The predicted molar refractivity (Wildman–Crippen MR) is 98.2 cm³/mol. The van der Waals surface area contributed by atoms with Crippen LogP contribution in [-0.4, -0.2) is 37.8 Å². The summed E-state index contributed by atoms with van der Waals surface area (Å²) in [6.45, 7) is 2.08. The van der Waals surface area contributed by atoms with Crippen LogP contribution in [0, 0.1) is 0 Å². The summed E-state index contributed by atoms with van der Waals surface area (Å²) < 4.78 is 1.80. The third-order valence-electron chi connectivity index (χ3n) is 5.14. The van der Waals surface area contributed by atoms with Crippen molar-refractivity contribution in [2.45, 2.75) is 44.2 Å². The van der Waals surface area contributed by atoms with Gasteiger partial charge in [-0.2, -0.15) is 4.52 Å². The molecule has 1 aliphatic heterocycles. The van der Waals surface area contributed by atoms with Crippen LogP contribution in [-0.2, 0) is 4.79 Å². The van der Waals surface area contributed by atoms with Gasteiger partial charge >= 0.3 is 0 Å². The van der Waals surface area contributed by atoms with Crippen molar-refractivity contribution in [1.82, 2.24) is 19.8 Å². The standard InChI is InChI=1S/C19H20N6O/c1-12-11-15(19(26)24(12)14-5-3-2-4-6-14)20-16-9-10-17-21-22-18(13-7-8-13)25(17)23-16/h2-6,9-10,12-13,15H,7-8,11H2,1H3,(H,20,23)/t12-,15-/m1/s1. The molecule has 2 atom stereocenters. The van der Waals surface area contributed by atoms with Crippen molar-refractivity contribution in [1.29, 1.82) is 0 Å². The van der Waals surface area contributed by atoms with Gasteiger partial charge in [-0.3, -0.25) is 4.79 Å². The van der Waals surface area contributed by atoms with Crippen molar-refractivity contribution >= 4 is 23.1 Å². The minimum absolute atomic E-state index is 0.0803. The van der Waals surface area contributed by atoms with Gasteiger partial charge in [-0.1, -0.05) is 18.2 Å². The summed E-state index contributed by atoms with van der Waals surface area (Å²) >= 11 is 0. The van der Waals surface area contributed by atoms with Gasteiger partial charge in [-0.15, -0.1) is 15.3 Å². The molecule has 26 heavy (non-hydrogen) atoms. The fourth-order valence-electron chi connectivity index (χ4n) is 3.68. The van der Waals surface area contributed by atoms with Crippen LogP contribution in [0.3, 0.4) is 0 Å². The van der Waals surface area contributed by atoms with E-state index in [2.05, 4.69) is 27.5 Å². The highest BCUT2D eigenvalue weighted by atomic mass is 16.2. The van der Waals surface area contributed by atoms with E-state index in [0.29, 0.717) is 11.7 Å². The maximum Gasteiger partial charge on any atom is 0.249 e. The molecule has 0 radical (unpaired) electrons. The Morgan fingerprint density at radius 1 is 1.08 bits per heavy atom. The topological polar surface area (TPSA) is 75.4 Å². The summed E-state index contributed by atoms with van der Waals surface area (Å²) in [6.07, 6.45) is 3.03. The molecule has 1 aliphatic carbocycles. The first-order valence-electron chi connectivity index (χ1n) is 9.08. The first kappa shape index (κ1) is 15.3. The zero-order valence-electron chi connectivity index (χ0n) is 14.5. The van der Waals surface area contributed by atoms with E-state index < -0.39 is 0 Å². The number of para-hydroxylation sites is 1. The molecule has 2 fully saturated rings. The number of anilines is 2. The van der Waals surface area contributed by atoms with E-state index in [9.17, 15) is 4.79 Å². The number of hydrogen-bond donors (Lipinski definition) is 1. The summed E-state index contributed by atoms with van der Waals surface area (Å²) in [5.41, 5.74) is 1.68. The lowest BCUT2D eigenvalue weighted by Crippen LogP contribution is -2.35. The Morgan fingerprint density at radius 3 is 2.65 bits per heavy atom. The van der Waals surface area contributed by atoms with E-state index in [4.69, 9.17) is 0 Å². The summed E-state index contributed by atoms with van der Waals surface area (Å²) in [5.74, 6) is 2.14. The van der Waals surface area contributed by atoms with Crippen LogP contribution >= 0.6 is 0 Å². The molecule has 7 nitrogen and oxygen atoms in total. The summed E-state index contributed by atoms with van der Waals surface area (Å²) in [6, 6.07) is 13.4. The summed E-state index contributed by atoms with van der Waals surface area (Å²) in [4.78, 5) is 14.8. The maximum atomic E-state index is 12.9. The third kappa shape index (κ3) is 2.51. The molecule has 0 unspecified atom stereocenters. The zero-order valence-corrected chi connectivity index (χ0v) is 14.5. The van der Waals surface area contributed by atoms with E-state index in [1.807, 2.05) is 47.4 Å². The lowest BCUT2D eigenvalue weighted by atomic mass is 10.2. The molecule has 0 bridgehead atoms. The number of carbonyl (C=O) groups is 1. The van der Waals surface area contributed by atoms with Crippen molar-refractivity contribution in [3.63, 3.8) is 0 Å². The lowest BCUT2D eigenvalue weighted by Gasteiger charge is -2.21. The molecule has 1 saturated carbocycles. The predicted octanol–water partition coefficient (Wildman–Crippen LogP) is 2.61. The maximum absolute atomic E-state index is 12.9. The van der Waals surface area contributed by atoms with Gasteiger partial charge in [-0.05, 0) is 50.5 Å². The fourth-order valence-corrected chi connectivity index (χ4v) is 3.68. The van der Waals surface area contributed by atoms with Crippen molar-refractivity contribution in [3.8, 4) is 0 Å². The van der Waals surface area contributed by atoms with Crippen molar-refractivity contribution in [2.24, 2.45) is 0 Å². The second kappa shape index (κ2) is 5.79. The van der Waals surface area contributed by atoms with Gasteiger partial charge in [-0.25, -0.2) is 0 Å². The average molecular weight is 348 g/mol. The molecule has 1 aromatic carbocycles. The van der Waals surface area contributed by atoms with Gasteiger partial charge in [0.05, 0.1) is 0 Å². The Balaban J connectivity index is 1.40. The number of amides is 1. The van der Waals surface area contributed by atoms with Gasteiger partial charge in [0, 0.05) is 17.6 Å². The Morgan fingerprint density at radius 2 is 1.88 bits per heavy atom. The number of hydrogen-bond acceptors (Lipinski definition) is 5. The van der Waals surface area contributed by atoms with Crippen LogP contribution in [0.4, 0.5) is 11.5 Å². The van der Waals surface area contributed by atoms with Crippen molar-refractivity contribution < 1.29 is 4.79 Å². The largest absolute Gasteiger partial charge is 0.357 e. The van der Waals surface area contributed by atoms with Gasteiger partial charge in [0.2, 0.25) is 5.91 Å². The molecular weight excluding hydrogens is 328 g/mol. The summed E-state index contributed by atoms with van der Waals surface area (Å²) in [5, 5.41) is 16.4. The molecule has 1 N–H and O–H groups in total. The molecule has 1 saturated heterocycles. The van der Waals surface area contributed by atoms with Crippen LogP contribution in [0.2, 0.25) is 0 Å². The number of fused-ring (bicyclic) bond motifs is 1. The quantitative estimate of drug-likeness (QED) is 0.784. The fraction of sp³-hybridized carbons (Fsp3) is 0.368. The molecule has 1 amide bonds. The van der Waals surface area contributed by atoms with Crippen LogP contribution in [0.25, 0.3) is 5.65 Å². The van der Waals surface area contributed by atoms with E-state index in [1.165, 1.54) is 0 Å². The highest BCUT2D eigenvalue weighted by Gasteiger charge is 2.38. The minimum atomic E-state index is -0.281. The molecule has 0 spiro atoms. The number of rotatable bonds is 4. The molecule has 132 valence electrons. The number of benzene rings is 1. The van der Waals surface area contributed by atoms with E-state index in [-0.39, 0.29) is 18.0 Å². The van der Waals surface area contributed by atoms with Crippen LogP contribution in [0.1, 0.15) is 37.9 Å². The highest BCUT2D eigenvalue weighted by Crippen LogP contribution is 2.38. The second-order valence-corrected chi connectivity index (χ2v) is 7.15. The molecule has 7 heteroatoms. The highest BCUT2D eigenvalue weighted by molar-refractivity contribution is 6.01.